The highest BCUT2D eigenvalue weighted by atomic mass is 16.1. The van der Waals surface area contributed by atoms with Gasteiger partial charge in [0.1, 0.15) is 5.78 Å². The Hall–Kier alpha value is -0.590. The van der Waals surface area contributed by atoms with Gasteiger partial charge in [0.15, 0.2) is 0 Å². The summed E-state index contributed by atoms with van der Waals surface area (Å²) in [5.74, 6) is 6.69. The molecule has 1 nitrogen and oxygen atoms in total. The zero-order valence-corrected chi connectivity index (χ0v) is 20.5. The van der Waals surface area contributed by atoms with Crippen LogP contribution in [0.25, 0.3) is 0 Å². The van der Waals surface area contributed by atoms with Crippen LogP contribution in [0.15, 0.2) is 12.2 Å². The molecule has 0 aromatic carbocycles. The Morgan fingerprint density at radius 2 is 1.77 bits per heavy atom. The average molecular weight is 411 g/mol. The number of Topliss-reactive ketones (excluding diaryl/α,β-unsaturated/α-hetero) is 1. The Morgan fingerprint density at radius 1 is 1.00 bits per heavy atom. The highest BCUT2D eigenvalue weighted by molar-refractivity contribution is 5.91. The van der Waals surface area contributed by atoms with E-state index in [1.54, 1.807) is 0 Å². The summed E-state index contributed by atoms with van der Waals surface area (Å²) < 4.78 is 0. The number of ketones is 1. The number of carbonyl (C=O) groups is 1. The van der Waals surface area contributed by atoms with Crippen LogP contribution >= 0.6 is 0 Å². The Bertz CT molecular complexity index is 735. The molecule has 6 unspecified atom stereocenters. The van der Waals surface area contributed by atoms with Gasteiger partial charge in [-0.25, -0.2) is 0 Å². The minimum Gasteiger partial charge on any atom is -0.299 e. The van der Waals surface area contributed by atoms with Crippen LogP contribution in [-0.4, -0.2) is 5.78 Å². The third-order valence-corrected chi connectivity index (χ3v) is 12.0. The number of carbonyl (C=O) groups excluding carboxylic acids is 1. The monoisotopic (exact) mass is 410 g/mol. The third-order valence-electron chi connectivity index (χ3n) is 12.0. The predicted molar refractivity (Wildman–Crippen MR) is 125 cm³/mol. The first-order valence-electron chi connectivity index (χ1n) is 13.4. The molecule has 168 valence electrons. The van der Waals surface area contributed by atoms with Gasteiger partial charge < -0.3 is 0 Å². The fraction of sp³-hybridized carbons (Fsp3) is 0.897. The van der Waals surface area contributed by atoms with Crippen molar-refractivity contribution in [3.63, 3.8) is 0 Å². The average Bonchev–Trinajstić information content (AvgIpc) is 3.22. The van der Waals surface area contributed by atoms with Gasteiger partial charge in [0, 0.05) is 11.8 Å². The molecule has 30 heavy (non-hydrogen) atoms. The van der Waals surface area contributed by atoms with Crippen LogP contribution in [0, 0.1) is 63.6 Å². The van der Waals surface area contributed by atoms with Gasteiger partial charge in [-0.1, -0.05) is 53.7 Å². The SMILES string of the molecule is CC[C@H](/C=C/[C@@H](C)C1CCC2C3CC(=O)C45CC4CC[C@]5(C)C3CC[C@@]21C)C(C)C. The normalized spacial score (nSPS) is 51.4. The molecule has 5 fully saturated rings. The van der Waals surface area contributed by atoms with E-state index in [2.05, 4.69) is 53.7 Å². The molecule has 0 amide bonds. The van der Waals surface area contributed by atoms with Crippen molar-refractivity contribution in [3.05, 3.63) is 12.2 Å². The van der Waals surface area contributed by atoms with Gasteiger partial charge in [-0.15, -0.1) is 0 Å². The first kappa shape index (κ1) is 21.3. The van der Waals surface area contributed by atoms with Crippen molar-refractivity contribution in [1.82, 2.24) is 0 Å². The van der Waals surface area contributed by atoms with E-state index in [-0.39, 0.29) is 5.41 Å². The van der Waals surface area contributed by atoms with E-state index in [1.165, 1.54) is 51.4 Å². The molecular weight excluding hydrogens is 364 g/mol. The maximum absolute atomic E-state index is 13.5. The number of hydrogen-bond acceptors (Lipinski definition) is 1. The van der Waals surface area contributed by atoms with Gasteiger partial charge in [0.05, 0.1) is 0 Å². The molecule has 5 saturated carbocycles. The van der Waals surface area contributed by atoms with Crippen molar-refractivity contribution in [2.24, 2.45) is 63.6 Å². The van der Waals surface area contributed by atoms with Crippen molar-refractivity contribution in [2.75, 3.05) is 0 Å². The second-order valence-electron chi connectivity index (χ2n) is 13.1. The number of fused-ring (bicyclic) bond motifs is 4. The molecule has 0 aromatic heterocycles. The van der Waals surface area contributed by atoms with Crippen LogP contribution in [0.2, 0.25) is 0 Å². The quantitative estimate of drug-likeness (QED) is 0.424. The second kappa shape index (κ2) is 6.95. The van der Waals surface area contributed by atoms with Gasteiger partial charge in [-0.05, 0) is 110 Å². The lowest BCUT2D eigenvalue weighted by Gasteiger charge is -2.58. The van der Waals surface area contributed by atoms with Gasteiger partial charge in [0.25, 0.3) is 0 Å². The molecule has 5 aliphatic rings. The summed E-state index contributed by atoms with van der Waals surface area (Å²) in [6.45, 7) is 14.7. The molecule has 0 aliphatic heterocycles. The molecule has 0 radical (unpaired) electrons. The lowest BCUT2D eigenvalue weighted by Crippen LogP contribution is -2.55. The van der Waals surface area contributed by atoms with E-state index in [0.717, 1.165) is 36.0 Å². The predicted octanol–water partition coefficient (Wildman–Crippen LogP) is 7.70. The summed E-state index contributed by atoms with van der Waals surface area (Å²) in [6, 6.07) is 0. The van der Waals surface area contributed by atoms with Gasteiger partial charge in [-0.2, -0.15) is 0 Å². The Morgan fingerprint density at radius 3 is 2.43 bits per heavy atom. The van der Waals surface area contributed by atoms with Crippen LogP contribution in [0.1, 0.15) is 99.3 Å². The smallest absolute Gasteiger partial charge is 0.140 e. The molecule has 5 rings (SSSR count). The van der Waals surface area contributed by atoms with E-state index in [0.29, 0.717) is 34.4 Å². The molecule has 1 spiro atoms. The summed E-state index contributed by atoms with van der Waals surface area (Å²) >= 11 is 0. The van der Waals surface area contributed by atoms with Crippen molar-refractivity contribution in [3.8, 4) is 0 Å². The molecule has 10 atom stereocenters. The molecule has 0 aromatic rings. The summed E-state index contributed by atoms with van der Waals surface area (Å²) in [5, 5.41) is 0. The minimum atomic E-state index is 0.141. The van der Waals surface area contributed by atoms with Crippen LogP contribution < -0.4 is 0 Å². The molecule has 0 heterocycles. The standard InChI is InChI=1S/C29H46O/c1-7-20(18(2)3)9-8-19(4)23-10-11-24-22-16-26(30)29-17-21(29)12-15-28(29,6)25(22)13-14-27(23,24)5/h8-9,18-25H,7,10-17H2,1-6H3/b9-8+/t19-,20-,21?,22?,23?,24?,25?,27-,28-,29?/m1/s1. The van der Waals surface area contributed by atoms with Crippen LogP contribution in [0.5, 0.6) is 0 Å². The highest BCUT2D eigenvalue weighted by Crippen LogP contribution is 2.80. The summed E-state index contributed by atoms with van der Waals surface area (Å²) in [4.78, 5) is 13.5. The van der Waals surface area contributed by atoms with E-state index in [9.17, 15) is 4.79 Å². The number of allylic oxidation sites excluding steroid dienone is 2. The van der Waals surface area contributed by atoms with E-state index in [4.69, 9.17) is 0 Å². The number of rotatable bonds is 5. The molecule has 0 bridgehead atoms. The fourth-order valence-corrected chi connectivity index (χ4v) is 10.2. The van der Waals surface area contributed by atoms with Gasteiger partial charge in [-0.3, -0.25) is 4.79 Å². The Kier molecular flexibility index (Phi) is 4.93. The Balaban J connectivity index is 1.37. The molecule has 0 N–H and O–H groups in total. The molecular formula is C29H46O. The zero-order chi connectivity index (χ0) is 21.5. The lowest BCUT2D eigenvalue weighted by atomic mass is 9.45. The first-order chi connectivity index (χ1) is 14.2. The Labute approximate surface area is 185 Å². The van der Waals surface area contributed by atoms with Gasteiger partial charge in [0.2, 0.25) is 0 Å². The maximum Gasteiger partial charge on any atom is 0.140 e. The van der Waals surface area contributed by atoms with Gasteiger partial charge >= 0.3 is 0 Å². The van der Waals surface area contributed by atoms with Crippen molar-refractivity contribution in [1.29, 1.82) is 0 Å². The summed E-state index contributed by atoms with van der Waals surface area (Å²) in [7, 11) is 0. The summed E-state index contributed by atoms with van der Waals surface area (Å²) in [6.07, 6.45) is 16.8. The van der Waals surface area contributed by atoms with Crippen LogP contribution in [0.3, 0.4) is 0 Å². The van der Waals surface area contributed by atoms with E-state index in [1.807, 2.05) is 0 Å². The van der Waals surface area contributed by atoms with Crippen molar-refractivity contribution in [2.45, 2.75) is 99.3 Å². The first-order valence-corrected chi connectivity index (χ1v) is 13.4. The van der Waals surface area contributed by atoms with Crippen LogP contribution in [-0.2, 0) is 4.79 Å². The highest BCUT2D eigenvalue weighted by Gasteiger charge is 2.77. The maximum atomic E-state index is 13.5. The van der Waals surface area contributed by atoms with E-state index >= 15 is 0 Å². The molecule has 5 aliphatic carbocycles. The van der Waals surface area contributed by atoms with Crippen LogP contribution in [0.4, 0.5) is 0 Å². The molecule has 0 saturated heterocycles. The van der Waals surface area contributed by atoms with E-state index < -0.39 is 0 Å². The topological polar surface area (TPSA) is 17.1 Å². The number of hydrogen-bond donors (Lipinski definition) is 0. The minimum absolute atomic E-state index is 0.141. The zero-order valence-electron chi connectivity index (χ0n) is 20.5. The lowest BCUT2D eigenvalue weighted by molar-refractivity contribution is -0.151. The summed E-state index contributed by atoms with van der Waals surface area (Å²) in [5.41, 5.74) is 0.934. The largest absolute Gasteiger partial charge is 0.299 e. The van der Waals surface area contributed by atoms with Crippen molar-refractivity contribution >= 4 is 5.78 Å². The second-order valence-corrected chi connectivity index (χ2v) is 13.1. The molecule has 1 heteroatoms. The fourth-order valence-electron chi connectivity index (χ4n) is 10.2. The third kappa shape index (κ3) is 2.62. The van der Waals surface area contributed by atoms with Crippen molar-refractivity contribution < 1.29 is 4.79 Å².